The number of nitrogens with zero attached hydrogens (tertiary/aromatic N) is 2. The molecule has 0 aliphatic rings. The van der Waals surface area contributed by atoms with Crippen molar-refractivity contribution in [2.75, 3.05) is 7.11 Å². The number of carbonyl (C=O) groups is 2. The number of aromatic nitrogens is 2. The molecule has 0 radical (unpaired) electrons. The molecule has 0 amide bonds. The van der Waals surface area contributed by atoms with E-state index < -0.39 is 11.8 Å². The van der Waals surface area contributed by atoms with Gasteiger partial charge >= 0.3 is 5.97 Å². The fourth-order valence-corrected chi connectivity index (χ4v) is 1.85. The van der Waals surface area contributed by atoms with Gasteiger partial charge in [0.1, 0.15) is 5.82 Å². The Balaban J connectivity index is 2.23. The number of benzene rings is 1. The molecule has 0 saturated heterocycles. The highest BCUT2D eigenvalue weighted by molar-refractivity contribution is 5.89. The third kappa shape index (κ3) is 2.74. The van der Waals surface area contributed by atoms with Crippen LogP contribution in [0.2, 0.25) is 0 Å². The van der Waals surface area contributed by atoms with Gasteiger partial charge in [-0.05, 0) is 24.6 Å². The Hall–Kier alpha value is -2.50. The zero-order valence-electron chi connectivity index (χ0n) is 11.1. The number of hydrogen-bond donors (Lipinski definition) is 0. The average molecular weight is 276 g/mol. The molecule has 104 valence electrons. The Morgan fingerprint density at radius 1 is 1.50 bits per heavy atom. The number of rotatable bonds is 4. The van der Waals surface area contributed by atoms with E-state index in [2.05, 4.69) is 9.84 Å². The summed E-state index contributed by atoms with van der Waals surface area (Å²) in [4.78, 5) is 22.0. The van der Waals surface area contributed by atoms with Crippen LogP contribution in [-0.4, -0.2) is 29.1 Å². The topological polar surface area (TPSA) is 61.2 Å². The van der Waals surface area contributed by atoms with Gasteiger partial charge in [-0.1, -0.05) is 6.07 Å². The van der Waals surface area contributed by atoms with Crippen molar-refractivity contribution in [3.63, 3.8) is 0 Å². The molecule has 0 aliphatic carbocycles. The van der Waals surface area contributed by atoms with E-state index >= 15 is 0 Å². The molecule has 2 aromatic rings. The summed E-state index contributed by atoms with van der Waals surface area (Å²) in [5.41, 5.74) is 1.64. The predicted octanol–water partition coefficient (Wildman–Crippen LogP) is 1.98. The minimum atomic E-state index is -0.716. The molecule has 0 atom stereocenters. The summed E-state index contributed by atoms with van der Waals surface area (Å²) in [6.45, 7) is 2.04. The number of hydrogen-bond acceptors (Lipinski definition) is 4. The van der Waals surface area contributed by atoms with Crippen LogP contribution < -0.4 is 0 Å². The predicted molar refractivity (Wildman–Crippen MR) is 69.2 cm³/mol. The van der Waals surface area contributed by atoms with Gasteiger partial charge in [0.2, 0.25) is 0 Å². The van der Waals surface area contributed by atoms with Crippen LogP contribution in [0.1, 0.15) is 32.0 Å². The fraction of sp³-hybridized carbons (Fsp3) is 0.214. The highest BCUT2D eigenvalue weighted by atomic mass is 19.1. The summed E-state index contributed by atoms with van der Waals surface area (Å²) in [7, 11) is 1.20. The van der Waals surface area contributed by atoms with Gasteiger partial charge in [-0.15, -0.1) is 0 Å². The zero-order valence-corrected chi connectivity index (χ0v) is 11.1. The van der Waals surface area contributed by atoms with Gasteiger partial charge in [0, 0.05) is 6.20 Å². The maximum Gasteiger partial charge on any atom is 0.340 e. The first-order valence-corrected chi connectivity index (χ1v) is 5.91. The number of aldehydes is 1. The van der Waals surface area contributed by atoms with E-state index in [4.69, 9.17) is 0 Å². The molecule has 1 heterocycles. The summed E-state index contributed by atoms with van der Waals surface area (Å²) in [5, 5.41) is 4.15. The molecule has 0 fully saturated rings. The third-order valence-corrected chi connectivity index (χ3v) is 2.89. The van der Waals surface area contributed by atoms with Crippen molar-refractivity contribution < 1.29 is 18.7 Å². The van der Waals surface area contributed by atoms with Crippen molar-refractivity contribution in [1.29, 1.82) is 0 Å². The first-order chi connectivity index (χ1) is 9.55. The normalized spacial score (nSPS) is 10.3. The van der Waals surface area contributed by atoms with Gasteiger partial charge in [-0.2, -0.15) is 5.10 Å². The molecule has 20 heavy (non-hydrogen) atoms. The van der Waals surface area contributed by atoms with Crippen LogP contribution in [0.15, 0.2) is 24.4 Å². The second-order valence-corrected chi connectivity index (χ2v) is 4.29. The van der Waals surface area contributed by atoms with Crippen molar-refractivity contribution in [2.24, 2.45) is 0 Å². The minimum Gasteiger partial charge on any atom is -0.465 e. The van der Waals surface area contributed by atoms with Crippen molar-refractivity contribution in [1.82, 2.24) is 9.78 Å². The van der Waals surface area contributed by atoms with E-state index in [0.29, 0.717) is 23.4 Å². The van der Waals surface area contributed by atoms with E-state index in [1.54, 1.807) is 23.9 Å². The number of carbonyl (C=O) groups excluding carboxylic acids is 2. The second kappa shape index (κ2) is 5.64. The Morgan fingerprint density at radius 3 is 2.80 bits per heavy atom. The number of esters is 1. The van der Waals surface area contributed by atoms with Crippen LogP contribution in [0, 0.1) is 12.7 Å². The first-order valence-electron chi connectivity index (χ1n) is 5.91. The van der Waals surface area contributed by atoms with Crippen LogP contribution >= 0.6 is 0 Å². The third-order valence-electron chi connectivity index (χ3n) is 2.89. The Morgan fingerprint density at radius 2 is 2.25 bits per heavy atom. The number of ether oxygens (including phenoxy) is 1. The monoisotopic (exact) mass is 276 g/mol. The Labute approximate surface area is 115 Å². The van der Waals surface area contributed by atoms with Crippen LogP contribution in [0.3, 0.4) is 0 Å². The molecule has 0 aliphatic heterocycles. The standard InChI is InChI=1S/C14H13FN2O3/c1-9-11(8-18)7-17(16-9)6-10-3-4-12(13(15)5-10)14(19)20-2/h3-5,7-8H,6H2,1-2H3. The van der Waals surface area contributed by atoms with Crippen LogP contribution in [0.4, 0.5) is 4.39 Å². The smallest absolute Gasteiger partial charge is 0.340 e. The van der Waals surface area contributed by atoms with E-state index in [1.165, 1.54) is 19.2 Å². The first kappa shape index (κ1) is 13.9. The highest BCUT2D eigenvalue weighted by Gasteiger charge is 2.12. The van der Waals surface area contributed by atoms with E-state index in [9.17, 15) is 14.0 Å². The van der Waals surface area contributed by atoms with Crippen molar-refractivity contribution in [3.8, 4) is 0 Å². The molecule has 6 heteroatoms. The number of aryl methyl sites for hydroxylation is 1. The Kier molecular flexibility index (Phi) is 3.93. The molecule has 0 spiro atoms. The van der Waals surface area contributed by atoms with Crippen LogP contribution in [0.25, 0.3) is 0 Å². The summed E-state index contributed by atoms with van der Waals surface area (Å²) in [5.74, 6) is -1.36. The zero-order chi connectivity index (χ0) is 14.7. The molecule has 1 aromatic carbocycles. The van der Waals surface area contributed by atoms with Gasteiger partial charge < -0.3 is 4.74 Å². The van der Waals surface area contributed by atoms with Gasteiger partial charge in [0.05, 0.1) is 30.5 Å². The molecule has 2 rings (SSSR count). The van der Waals surface area contributed by atoms with Crippen molar-refractivity contribution in [3.05, 3.63) is 52.6 Å². The van der Waals surface area contributed by atoms with E-state index in [0.717, 1.165) is 6.29 Å². The summed E-state index contributed by atoms with van der Waals surface area (Å²) in [6, 6.07) is 4.24. The molecular weight excluding hydrogens is 263 g/mol. The van der Waals surface area contributed by atoms with E-state index in [-0.39, 0.29) is 5.56 Å². The quantitative estimate of drug-likeness (QED) is 0.633. The largest absolute Gasteiger partial charge is 0.465 e. The minimum absolute atomic E-state index is 0.110. The van der Waals surface area contributed by atoms with Gasteiger partial charge in [-0.3, -0.25) is 9.48 Å². The molecule has 0 N–H and O–H groups in total. The Bertz CT molecular complexity index is 664. The van der Waals surface area contributed by atoms with Crippen molar-refractivity contribution >= 4 is 12.3 Å². The van der Waals surface area contributed by atoms with Gasteiger partial charge in [0.25, 0.3) is 0 Å². The highest BCUT2D eigenvalue weighted by Crippen LogP contribution is 2.13. The molecule has 1 aromatic heterocycles. The summed E-state index contributed by atoms with van der Waals surface area (Å²) >= 11 is 0. The van der Waals surface area contributed by atoms with E-state index in [1.807, 2.05) is 0 Å². The lowest BCUT2D eigenvalue weighted by atomic mass is 10.1. The van der Waals surface area contributed by atoms with Gasteiger partial charge in [0.15, 0.2) is 6.29 Å². The fourth-order valence-electron chi connectivity index (χ4n) is 1.85. The van der Waals surface area contributed by atoms with Crippen LogP contribution in [0.5, 0.6) is 0 Å². The van der Waals surface area contributed by atoms with Gasteiger partial charge in [-0.25, -0.2) is 9.18 Å². The lowest BCUT2D eigenvalue weighted by molar-refractivity contribution is 0.0595. The molecule has 5 nitrogen and oxygen atoms in total. The summed E-state index contributed by atoms with van der Waals surface area (Å²) in [6.07, 6.45) is 2.31. The maximum atomic E-state index is 13.8. The lowest BCUT2D eigenvalue weighted by Crippen LogP contribution is -2.06. The average Bonchev–Trinajstić information content (AvgIpc) is 2.78. The molecule has 0 bridgehead atoms. The molecule has 0 saturated carbocycles. The molecule has 0 unspecified atom stereocenters. The van der Waals surface area contributed by atoms with Crippen molar-refractivity contribution in [2.45, 2.75) is 13.5 Å². The lowest BCUT2D eigenvalue weighted by Gasteiger charge is -2.05. The SMILES string of the molecule is COC(=O)c1ccc(Cn2cc(C=O)c(C)n2)cc1F. The van der Waals surface area contributed by atoms with Crippen LogP contribution in [-0.2, 0) is 11.3 Å². The summed E-state index contributed by atoms with van der Waals surface area (Å²) < 4.78 is 19.8. The number of halogens is 1. The molecular formula is C14H13FN2O3. The maximum absolute atomic E-state index is 13.8. The number of methoxy groups -OCH3 is 1. The second-order valence-electron chi connectivity index (χ2n) is 4.29.